The van der Waals surface area contributed by atoms with Crippen LogP contribution in [0.5, 0.6) is 0 Å². The zero-order valence-corrected chi connectivity index (χ0v) is 13.3. The smallest absolute Gasteiger partial charge is 0.0144 e. The Morgan fingerprint density at radius 2 is 2.05 bits per heavy atom. The van der Waals surface area contributed by atoms with Gasteiger partial charge in [0.05, 0.1) is 0 Å². The Labute approximate surface area is 122 Å². The summed E-state index contributed by atoms with van der Waals surface area (Å²) in [5.41, 5.74) is 0. The SMILES string of the molecule is CCCNC(Cc1cccs1)C1CCC(CC)CC1. The van der Waals surface area contributed by atoms with Gasteiger partial charge in [0.2, 0.25) is 0 Å². The molecule has 2 heteroatoms. The van der Waals surface area contributed by atoms with Crippen molar-refractivity contribution in [2.24, 2.45) is 11.8 Å². The highest BCUT2D eigenvalue weighted by Gasteiger charge is 2.26. The lowest BCUT2D eigenvalue weighted by molar-refractivity contribution is 0.217. The molecule has 1 fully saturated rings. The predicted molar refractivity (Wildman–Crippen MR) is 85.8 cm³/mol. The molecular formula is C17H29NS. The molecule has 0 bridgehead atoms. The molecule has 1 aliphatic carbocycles. The summed E-state index contributed by atoms with van der Waals surface area (Å²) < 4.78 is 0. The summed E-state index contributed by atoms with van der Waals surface area (Å²) in [4.78, 5) is 1.55. The van der Waals surface area contributed by atoms with Crippen molar-refractivity contribution in [1.82, 2.24) is 5.32 Å². The quantitative estimate of drug-likeness (QED) is 0.750. The van der Waals surface area contributed by atoms with Crippen molar-refractivity contribution in [3.05, 3.63) is 22.4 Å². The Morgan fingerprint density at radius 1 is 1.26 bits per heavy atom. The maximum Gasteiger partial charge on any atom is 0.0144 e. The third kappa shape index (κ3) is 4.61. The van der Waals surface area contributed by atoms with Crippen molar-refractivity contribution in [3.8, 4) is 0 Å². The third-order valence-corrected chi connectivity index (χ3v) is 5.59. The second kappa shape index (κ2) is 8.06. The normalized spacial score (nSPS) is 25.4. The summed E-state index contributed by atoms with van der Waals surface area (Å²) >= 11 is 1.91. The molecule has 1 nitrogen and oxygen atoms in total. The summed E-state index contributed by atoms with van der Waals surface area (Å²) in [5.74, 6) is 1.90. The van der Waals surface area contributed by atoms with Crippen LogP contribution >= 0.6 is 11.3 Å². The van der Waals surface area contributed by atoms with E-state index in [1.165, 1.54) is 51.5 Å². The van der Waals surface area contributed by atoms with E-state index in [0.717, 1.165) is 11.8 Å². The summed E-state index contributed by atoms with van der Waals surface area (Å²) in [5, 5.41) is 6.03. The molecule has 0 spiro atoms. The van der Waals surface area contributed by atoms with Gasteiger partial charge in [0.25, 0.3) is 0 Å². The maximum atomic E-state index is 3.82. The molecule has 2 rings (SSSR count). The van der Waals surface area contributed by atoms with Gasteiger partial charge >= 0.3 is 0 Å². The van der Waals surface area contributed by atoms with Gasteiger partial charge in [0.15, 0.2) is 0 Å². The van der Waals surface area contributed by atoms with Crippen LogP contribution in [0.1, 0.15) is 57.2 Å². The molecule has 0 aliphatic heterocycles. The van der Waals surface area contributed by atoms with E-state index in [9.17, 15) is 0 Å². The molecule has 0 aromatic carbocycles. The second-order valence-electron chi connectivity index (χ2n) is 6.03. The topological polar surface area (TPSA) is 12.0 Å². The molecular weight excluding hydrogens is 250 g/mol. The summed E-state index contributed by atoms with van der Waals surface area (Å²) in [7, 11) is 0. The van der Waals surface area contributed by atoms with Crippen LogP contribution in [-0.4, -0.2) is 12.6 Å². The first kappa shape index (κ1) is 15.1. The molecule has 1 N–H and O–H groups in total. The lowest BCUT2D eigenvalue weighted by Crippen LogP contribution is -2.40. The van der Waals surface area contributed by atoms with E-state index in [2.05, 4.69) is 36.7 Å². The highest BCUT2D eigenvalue weighted by molar-refractivity contribution is 7.09. The van der Waals surface area contributed by atoms with Gasteiger partial charge in [-0.1, -0.05) is 39.2 Å². The summed E-state index contributed by atoms with van der Waals surface area (Å²) in [6.07, 6.45) is 9.64. The van der Waals surface area contributed by atoms with Crippen LogP contribution in [0.15, 0.2) is 17.5 Å². The van der Waals surface area contributed by atoms with Gasteiger partial charge in [0, 0.05) is 10.9 Å². The molecule has 1 atom stereocenters. The summed E-state index contributed by atoms with van der Waals surface area (Å²) in [6, 6.07) is 5.18. The van der Waals surface area contributed by atoms with Crippen molar-refractivity contribution in [3.63, 3.8) is 0 Å². The van der Waals surface area contributed by atoms with Gasteiger partial charge in [-0.2, -0.15) is 0 Å². The van der Waals surface area contributed by atoms with Crippen LogP contribution in [0.25, 0.3) is 0 Å². The van der Waals surface area contributed by atoms with Crippen molar-refractivity contribution < 1.29 is 0 Å². The van der Waals surface area contributed by atoms with Crippen molar-refractivity contribution >= 4 is 11.3 Å². The molecule has 1 unspecified atom stereocenters. The minimum Gasteiger partial charge on any atom is -0.313 e. The zero-order chi connectivity index (χ0) is 13.5. The fourth-order valence-corrected chi connectivity index (χ4v) is 4.14. The number of hydrogen-bond acceptors (Lipinski definition) is 2. The van der Waals surface area contributed by atoms with Crippen molar-refractivity contribution in [1.29, 1.82) is 0 Å². The fourth-order valence-electron chi connectivity index (χ4n) is 3.38. The highest BCUT2D eigenvalue weighted by Crippen LogP contribution is 2.33. The second-order valence-corrected chi connectivity index (χ2v) is 7.07. The van der Waals surface area contributed by atoms with E-state index < -0.39 is 0 Å². The zero-order valence-electron chi connectivity index (χ0n) is 12.5. The molecule has 1 saturated carbocycles. The number of rotatable bonds is 7. The minimum absolute atomic E-state index is 0.705. The van der Waals surface area contributed by atoms with Crippen LogP contribution in [-0.2, 0) is 6.42 Å². The molecule has 108 valence electrons. The first-order valence-corrected chi connectivity index (χ1v) is 8.97. The number of hydrogen-bond donors (Lipinski definition) is 1. The molecule has 0 amide bonds. The third-order valence-electron chi connectivity index (χ3n) is 4.70. The lowest BCUT2D eigenvalue weighted by Gasteiger charge is -2.34. The summed E-state index contributed by atoms with van der Waals surface area (Å²) in [6.45, 7) is 5.79. The average Bonchev–Trinajstić information content (AvgIpc) is 2.96. The van der Waals surface area contributed by atoms with E-state index in [0.29, 0.717) is 6.04 Å². The molecule has 1 aromatic heterocycles. The van der Waals surface area contributed by atoms with Crippen LogP contribution in [0, 0.1) is 11.8 Å². The standard InChI is InChI=1S/C17H29NS/c1-3-11-18-17(13-16-6-5-12-19-16)15-9-7-14(4-2)8-10-15/h5-6,12,14-15,17-18H,3-4,7-11,13H2,1-2H3. The molecule has 1 heterocycles. The van der Waals surface area contributed by atoms with E-state index in [1.54, 1.807) is 4.88 Å². The minimum atomic E-state index is 0.705. The molecule has 0 saturated heterocycles. The van der Waals surface area contributed by atoms with E-state index >= 15 is 0 Å². The van der Waals surface area contributed by atoms with Gasteiger partial charge in [-0.3, -0.25) is 0 Å². The Balaban J connectivity index is 1.89. The first-order valence-electron chi connectivity index (χ1n) is 8.09. The lowest BCUT2D eigenvalue weighted by atomic mass is 9.76. The van der Waals surface area contributed by atoms with Gasteiger partial charge in [0.1, 0.15) is 0 Å². The first-order chi connectivity index (χ1) is 9.33. The van der Waals surface area contributed by atoms with Crippen LogP contribution in [0.3, 0.4) is 0 Å². The predicted octanol–water partition coefficient (Wildman–Crippen LogP) is 4.88. The Bertz CT molecular complexity index is 325. The Hall–Kier alpha value is -0.340. The largest absolute Gasteiger partial charge is 0.313 e. The Morgan fingerprint density at radius 3 is 2.63 bits per heavy atom. The van der Waals surface area contributed by atoms with E-state index in [4.69, 9.17) is 0 Å². The highest BCUT2D eigenvalue weighted by atomic mass is 32.1. The molecule has 19 heavy (non-hydrogen) atoms. The monoisotopic (exact) mass is 279 g/mol. The van der Waals surface area contributed by atoms with Gasteiger partial charge < -0.3 is 5.32 Å². The van der Waals surface area contributed by atoms with Crippen molar-refractivity contribution in [2.75, 3.05) is 6.54 Å². The van der Waals surface area contributed by atoms with Crippen LogP contribution < -0.4 is 5.32 Å². The maximum absolute atomic E-state index is 3.82. The fraction of sp³-hybridized carbons (Fsp3) is 0.765. The Kier molecular flexibility index (Phi) is 6.39. The molecule has 0 radical (unpaired) electrons. The van der Waals surface area contributed by atoms with Crippen LogP contribution in [0.2, 0.25) is 0 Å². The van der Waals surface area contributed by atoms with Crippen molar-refractivity contribution in [2.45, 2.75) is 64.8 Å². The number of nitrogens with one attached hydrogen (secondary N) is 1. The number of thiophene rings is 1. The van der Waals surface area contributed by atoms with E-state index in [1.807, 2.05) is 11.3 Å². The van der Waals surface area contributed by atoms with Gasteiger partial charge in [-0.25, -0.2) is 0 Å². The van der Waals surface area contributed by atoms with E-state index in [-0.39, 0.29) is 0 Å². The van der Waals surface area contributed by atoms with Gasteiger partial charge in [-0.05, 0) is 55.5 Å². The van der Waals surface area contributed by atoms with Gasteiger partial charge in [-0.15, -0.1) is 11.3 Å². The van der Waals surface area contributed by atoms with Crippen LogP contribution in [0.4, 0.5) is 0 Å². The average molecular weight is 279 g/mol. The molecule has 1 aliphatic rings. The molecule has 1 aromatic rings.